The summed E-state index contributed by atoms with van der Waals surface area (Å²) in [6, 6.07) is 13.5. The van der Waals surface area contributed by atoms with Gasteiger partial charge in [-0.15, -0.1) is 23.1 Å². The monoisotopic (exact) mass is 443 g/mol. The number of carbonyl (C=O) groups is 2. The average molecular weight is 444 g/mol. The van der Waals surface area contributed by atoms with Gasteiger partial charge in [0.05, 0.1) is 10.9 Å². The molecular weight excluding hydrogens is 421 g/mol. The van der Waals surface area contributed by atoms with Gasteiger partial charge in [-0.3, -0.25) is 9.59 Å². The Hall–Kier alpha value is -2.71. The maximum atomic E-state index is 13.1. The first-order valence-electron chi connectivity index (χ1n) is 9.53. The standard InChI is InChI=1S/C22H22FN3O2S2/c1-3-4-20(27)24-17-9-11-18(12-10-17)30-14(2)21(28)26-22-25-19(13-29-22)15-5-7-16(23)8-6-15/h5-14H,3-4H2,1-2H3,(H,24,27)(H,25,26,28). The molecule has 0 fully saturated rings. The van der Waals surface area contributed by atoms with Gasteiger partial charge in [0, 0.05) is 27.9 Å². The van der Waals surface area contributed by atoms with Crippen molar-refractivity contribution in [3.63, 3.8) is 0 Å². The van der Waals surface area contributed by atoms with Gasteiger partial charge >= 0.3 is 0 Å². The van der Waals surface area contributed by atoms with E-state index in [2.05, 4.69) is 15.6 Å². The fourth-order valence-electron chi connectivity index (χ4n) is 2.62. The fourth-order valence-corrected chi connectivity index (χ4v) is 4.21. The largest absolute Gasteiger partial charge is 0.326 e. The highest BCUT2D eigenvalue weighted by molar-refractivity contribution is 8.00. The van der Waals surface area contributed by atoms with Crippen LogP contribution in [-0.4, -0.2) is 22.0 Å². The van der Waals surface area contributed by atoms with Crippen LogP contribution in [0.4, 0.5) is 15.2 Å². The quantitative estimate of drug-likeness (QED) is 0.431. The molecule has 0 saturated heterocycles. The van der Waals surface area contributed by atoms with Gasteiger partial charge in [0.15, 0.2) is 5.13 Å². The Bertz CT molecular complexity index is 1000. The summed E-state index contributed by atoms with van der Waals surface area (Å²) in [5, 5.41) is 7.67. The summed E-state index contributed by atoms with van der Waals surface area (Å²) in [5.41, 5.74) is 2.23. The third-order valence-corrected chi connectivity index (χ3v) is 6.04. The Morgan fingerprint density at radius 2 is 1.80 bits per heavy atom. The second kappa shape index (κ2) is 10.4. The van der Waals surface area contributed by atoms with Crippen molar-refractivity contribution in [3.05, 3.63) is 59.7 Å². The van der Waals surface area contributed by atoms with Crippen LogP contribution in [0.3, 0.4) is 0 Å². The molecule has 30 heavy (non-hydrogen) atoms. The maximum Gasteiger partial charge on any atom is 0.239 e. The minimum absolute atomic E-state index is 0.00546. The number of benzene rings is 2. The normalized spacial score (nSPS) is 11.7. The first kappa shape index (κ1) is 22.0. The highest BCUT2D eigenvalue weighted by atomic mass is 32.2. The number of anilines is 2. The van der Waals surface area contributed by atoms with Crippen LogP contribution in [0, 0.1) is 5.82 Å². The highest BCUT2D eigenvalue weighted by Gasteiger charge is 2.16. The zero-order chi connectivity index (χ0) is 21.5. The summed E-state index contributed by atoms with van der Waals surface area (Å²) >= 11 is 2.75. The molecule has 3 rings (SSSR count). The van der Waals surface area contributed by atoms with Gasteiger partial charge in [-0.2, -0.15) is 0 Å². The second-order valence-electron chi connectivity index (χ2n) is 6.62. The summed E-state index contributed by atoms with van der Waals surface area (Å²) in [4.78, 5) is 29.5. The first-order valence-corrected chi connectivity index (χ1v) is 11.3. The molecule has 0 aliphatic rings. The molecular formula is C22H22FN3O2S2. The van der Waals surface area contributed by atoms with E-state index < -0.39 is 0 Å². The van der Waals surface area contributed by atoms with Crippen molar-refractivity contribution in [1.82, 2.24) is 4.98 Å². The lowest BCUT2D eigenvalue weighted by Crippen LogP contribution is -2.22. The molecule has 0 saturated carbocycles. The van der Waals surface area contributed by atoms with Crippen LogP contribution in [-0.2, 0) is 9.59 Å². The van der Waals surface area contributed by atoms with E-state index >= 15 is 0 Å². The molecule has 0 aliphatic heterocycles. The van der Waals surface area contributed by atoms with Crippen LogP contribution in [0.2, 0.25) is 0 Å². The van der Waals surface area contributed by atoms with Crippen molar-refractivity contribution in [2.45, 2.75) is 36.8 Å². The Kier molecular flexibility index (Phi) is 7.59. The molecule has 2 N–H and O–H groups in total. The zero-order valence-electron chi connectivity index (χ0n) is 16.6. The van der Waals surface area contributed by atoms with Crippen LogP contribution >= 0.6 is 23.1 Å². The van der Waals surface area contributed by atoms with E-state index in [1.807, 2.05) is 43.5 Å². The Morgan fingerprint density at radius 3 is 2.47 bits per heavy atom. The molecule has 1 aromatic heterocycles. The van der Waals surface area contributed by atoms with E-state index in [1.165, 1.54) is 35.2 Å². The highest BCUT2D eigenvalue weighted by Crippen LogP contribution is 2.28. The van der Waals surface area contributed by atoms with Crippen LogP contribution in [0.5, 0.6) is 0 Å². The third-order valence-electron chi connectivity index (χ3n) is 4.17. The van der Waals surface area contributed by atoms with Crippen LogP contribution in [0.1, 0.15) is 26.7 Å². The topological polar surface area (TPSA) is 71.1 Å². The minimum Gasteiger partial charge on any atom is -0.326 e. The molecule has 8 heteroatoms. The molecule has 1 atom stereocenters. The smallest absolute Gasteiger partial charge is 0.239 e. The number of amides is 2. The number of thiazole rings is 1. The zero-order valence-corrected chi connectivity index (χ0v) is 18.3. The first-order chi connectivity index (χ1) is 14.4. The minimum atomic E-state index is -0.330. The number of hydrogen-bond acceptors (Lipinski definition) is 5. The van der Waals surface area contributed by atoms with Gasteiger partial charge < -0.3 is 10.6 Å². The van der Waals surface area contributed by atoms with Gasteiger partial charge in [0.2, 0.25) is 11.8 Å². The molecule has 0 radical (unpaired) electrons. The van der Waals surface area contributed by atoms with E-state index in [-0.39, 0.29) is 22.9 Å². The molecule has 1 heterocycles. The molecule has 0 aliphatic carbocycles. The van der Waals surface area contributed by atoms with Gasteiger partial charge in [0.1, 0.15) is 5.82 Å². The summed E-state index contributed by atoms with van der Waals surface area (Å²) in [6.45, 7) is 3.78. The van der Waals surface area contributed by atoms with Crippen LogP contribution in [0.25, 0.3) is 11.3 Å². The Labute approximate surface area is 183 Å². The van der Waals surface area contributed by atoms with E-state index in [0.29, 0.717) is 17.2 Å². The summed E-state index contributed by atoms with van der Waals surface area (Å²) in [7, 11) is 0. The molecule has 156 valence electrons. The number of halogens is 1. The molecule has 2 aromatic carbocycles. The Balaban J connectivity index is 1.55. The number of nitrogens with one attached hydrogen (secondary N) is 2. The van der Waals surface area contributed by atoms with Crippen LogP contribution in [0.15, 0.2) is 58.8 Å². The maximum absolute atomic E-state index is 13.1. The number of rotatable bonds is 8. The SMILES string of the molecule is CCCC(=O)Nc1ccc(SC(C)C(=O)Nc2nc(-c3ccc(F)cc3)cs2)cc1. The fraction of sp³-hybridized carbons (Fsp3) is 0.227. The summed E-state index contributed by atoms with van der Waals surface area (Å²) in [5.74, 6) is -0.459. The number of aromatic nitrogens is 1. The number of nitrogens with zero attached hydrogens (tertiary/aromatic N) is 1. The third kappa shape index (κ3) is 6.14. The number of thioether (sulfide) groups is 1. The number of carbonyl (C=O) groups excluding carboxylic acids is 2. The molecule has 2 amide bonds. The van der Waals surface area contributed by atoms with Gasteiger partial charge in [-0.05, 0) is 61.9 Å². The number of hydrogen-bond donors (Lipinski definition) is 2. The van der Waals surface area contributed by atoms with Crippen molar-refractivity contribution >= 4 is 45.7 Å². The van der Waals surface area contributed by atoms with Crippen molar-refractivity contribution in [3.8, 4) is 11.3 Å². The Morgan fingerprint density at radius 1 is 1.10 bits per heavy atom. The summed E-state index contributed by atoms with van der Waals surface area (Å²) < 4.78 is 13.1. The van der Waals surface area contributed by atoms with Crippen molar-refractivity contribution in [2.75, 3.05) is 10.6 Å². The van der Waals surface area contributed by atoms with Gasteiger partial charge in [-0.1, -0.05) is 6.92 Å². The molecule has 5 nitrogen and oxygen atoms in total. The van der Waals surface area contributed by atoms with Gasteiger partial charge in [-0.25, -0.2) is 9.37 Å². The summed E-state index contributed by atoms with van der Waals surface area (Å²) in [6.07, 6.45) is 1.30. The predicted octanol–water partition coefficient (Wildman–Crippen LogP) is 5.81. The average Bonchev–Trinajstić information content (AvgIpc) is 3.18. The van der Waals surface area contributed by atoms with E-state index in [4.69, 9.17) is 0 Å². The molecule has 0 bridgehead atoms. The molecule has 3 aromatic rings. The van der Waals surface area contributed by atoms with Gasteiger partial charge in [0.25, 0.3) is 0 Å². The van der Waals surface area contributed by atoms with Crippen molar-refractivity contribution < 1.29 is 14.0 Å². The predicted molar refractivity (Wildman–Crippen MR) is 121 cm³/mol. The van der Waals surface area contributed by atoms with Crippen LogP contribution < -0.4 is 10.6 Å². The lowest BCUT2D eigenvalue weighted by molar-refractivity contribution is -0.116. The lowest BCUT2D eigenvalue weighted by Gasteiger charge is -2.11. The molecule has 0 spiro atoms. The van der Waals surface area contributed by atoms with Crippen molar-refractivity contribution in [2.24, 2.45) is 0 Å². The molecule has 1 unspecified atom stereocenters. The second-order valence-corrected chi connectivity index (χ2v) is 8.89. The van der Waals surface area contributed by atoms with Crippen molar-refractivity contribution in [1.29, 1.82) is 0 Å². The van der Waals surface area contributed by atoms with E-state index in [0.717, 1.165) is 22.6 Å². The van der Waals surface area contributed by atoms with E-state index in [1.54, 1.807) is 12.1 Å². The lowest BCUT2D eigenvalue weighted by atomic mass is 10.2. The van der Waals surface area contributed by atoms with E-state index in [9.17, 15) is 14.0 Å².